The summed E-state index contributed by atoms with van der Waals surface area (Å²) in [5, 5.41) is 8.33. The van der Waals surface area contributed by atoms with E-state index in [0.29, 0.717) is 24.3 Å². The van der Waals surface area contributed by atoms with Gasteiger partial charge in [0, 0.05) is 49.4 Å². The minimum atomic E-state index is -0.300. The van der Waals surface area contributed by atoms with E-state index in [1.165, 1.54) is 12.1 Å². The minimum Gasteiger partial charge on any atom is -0.486 e. The van der Waals surface area contributed by atoms with E-state index in [-0.39, 0.29) is 5.82 Å². The number of anilines is 2. The van der Waals surface area contributed by atoms with Gasteiger partial charge >= 0.3 is 0 Å². The highest BCUT2D eigenvalue weighted by atomic mass is 19.1. The van der Waals surface area contributed by atoms with Gasteiger partial charge in [-0.25, -0.2) is 9.37 Å². The molecule has 0 N–H and O–H groups in total. The third-order valence-electron chi connectivity index (χ3n) is 6.17. The van der Waals surface area contributed by atoms with Crippen molar-refractivity contribution < 1.29 is 13.9 Å². The van der Waals surface area contributed by atoms with Crippen molar-refractivity contribution in [1.82, 2.24) is 20.1 Å². The molecule has 5 rings (SSSR count). The topological polar surface area (TPSA) is 63.6 Å². The van der Waals surface area contributed by atoms with Crippen LogP contribution < -0.4 is 14.4 Å². The lowest BCUT2D eigenvalue weighted by molar-refractivity contribution is 0.260. The summed E-state index contributed by atoms with van der Waals surface area (Å²) in [7, 11) is 1.59. The first kappa shape index (κ1) is 20.6. The maximum absolute atomic E-state index is 13.9. The third kappa shape index (κ3) is 4.23. The van der Waals surface area contributed by atoms with Gasteiger partial charge in [0.25, 0.3) is 0 Å². The van der Waals surface area contributed by atoms with Crippen molar-refractivity contribution in [3.8, 4) is 11.6 Å². The van der Waals surface area contributed by atoms with Crippen LogP contribution in [0.25, 0.3) is 0 Å². The Labute approximate surface area is 186 Å². The van der Waals surface area contributed by atoms with Crippen molar-refractivity contribution in [2.24, 2.45) is 0 Å². The van der Waals surface area contributed by atoms with E-state index in [0.717, 1.165) is 61.7 Å². The summed E-state index contributed by atoms with van der Waals surface area (Å²) in [4.78, 5) is 9.35. The van der Waals surface area contributed by atoms with Gasteiger partial charge in [0.05, 0.1) is 18.5 Å². The quantitative estimate of drug-likeness (QED) is 0.584. The number of pyridine rings is 1. The molecule has 0 aliphatic carbocycles. The van der Waals surface area contributed by atoms with E-state index in [4.69, 9.17) is 9.47 Å². The largest absolute Gasteiger partial charge is 0.486 e. The van der Waals surface area contributed by atoms with Crippen molar-refractivity contribution in [3.63, 3.8) is 0 Å². The van der Waals surface area contributed by atoms with Gasteiger partial charge in [-0.15, -0.1) is 5.10 Å². The van der Waals surface area contributed by atoms with E-state index in [1.807, 2.05) is 24.3 Å². The predicted molar refractivity (Wildman–Crippen MR) is 119 cm³/mol. The first-order valence-electron chi connectivity index (χ1n) is 11.0. The van der Waals surface area contributed by atoms with Crippen LogP contribution in [-0.4, -0.2) is 52.9 Å². The number of hydrogen-bond donors (Lipinski definition) is 0. The number of benzene rings is 1. The molecule has 2 aliphatic rings. The number of nitrogens with zero attached hydrogens (tertiary/aromatic N) is 5. The van der Waals surface area contributed by atoms with E-state index in [9.17, 15) is 4.39 Å². The highest BCUT2D eigenvalue weighted by Crippen LogP contribution is 2.39. The molecule has 0 bridgehead atoms. The number of likely N-dealkylation sites (tertiary alicyclic amines) is 1. The molecule has 2 aliphatic heterocycles. The van der Waals surface area contributed by atoms with Gasteiger partial charge in [-0.05, 0) is 43.7 Å². The molecule has 1 saturated heterocycles. The summed E-state index contributed by atoms with van der Waals surface area (Å²) in [6, 6.07) is 12.8. The molecular formula is C24H26FN5O2. The first-order valence-corrected chi connectivity index (χ1v) is 11.0. The number of fused-ring (bicyclic) bond motifs is 2. The Kier molecular flexibility index (Phi) is 5.85. The molecule has 1 aromatic carbocycles. The Balaban J connectivity index is 1.36. The molecule has 0 saturated carbocycles. The highest BCUT2D eigenvalue weighted by Gasteiger charge is 2.30. The summed E-state index contributed by atoms with van der Waals surface area (Å²) in [5.41, 5.74) is 2.81. The zero-order valence-corrected chi connectivity index (χ0v) is 18.1. The maximum Gasteiger partial charge on any atom is 0.233 e. The standard InChI is InChI=1S/C24H26FN5O2/c1-31-23-9-7-19(27-28-23)10-13-29-12-3-5-20(29)15-30-21-8-6-18(25)14-22(21)32-16-17-4-2-11-26-24(17)30/h2,4,6-9,11,14,20H,3,5,10,12-13,15-16H2,1H3. The molecule has 32 heavy (non-hydrogen) atoms. The maximum atomic E-state index is 13.9. The Hall–Kier alpha value is -3.26. The van der Waals surface area contributed by atoms with Crippen molar-refractivity contribution in [1.29, 1.82) is 0 Å². The molecule has 0 amide bonds. The molecule has 1 fully saturated rings. The fourth-order valence-corrected chi connectivity index (χ4v) is 4.52. The van der Waals surface area contributed by atoms with E-state index in [2.05, 4.69) is 25.0 Å². The smallest absolute Gasteiger partial charge is 0.233 e. The molecule has 7 nitrogen and oxygen atoms in total. The number of halogens is 1. The van der Waals surface area contributed by atoms with Crippen LogP contribution in [0.2, 0.25) is 0 Å². The van der Waals surface area contributed by atoms with Crippen LogP contribution in [-0.2, 0) is 13.0 Å². The van der Waals surface area contributed by atoms with E-state index in [1.54, 1.807) is 19.4 Å². The molecule has 3 aromatic rings. The lowest BCUT2D eigenvalue weighted by Gasteiger charge is -2.32. The summed E-state index contributed by atoms with van der Waals surface area (Å²) < 4.78 is 25.0. The Bertz CT molecular complexity index is 1080. The lowest BCUT2D eigenvalue weighted by Crippen LogP contribution is -2.40. The molecule has 1 unspecified atom stereocenters. The van der Waals surface area contributed by atoms with Crippen molar-refractivity contribution >= 4 is 11.5 Å². The Morgan fingerprint density at radius 1 is 1.19 bits per heavy atom. The average molecular weight is 436 g/mol. The minimum absolute atomic E-state index is 0.300. The number of aromatic nitrogens is 3. The van der Waals surface area contributed by atoms with Crippen molar-refractivity contribution in [3.05, 3.63) is 65.7 Å². The third-order valence-corrected chi connectivity index (χ3v) is 6.17. The average Bonchev–Trinajstić information content (AvgIpc) is 3.21. The zero-order valence-electron chi connectivity index (χ0n) is 18.1. The van der Waals surface area contributed by atoms with Crippen molar-refractivity contribution in [2.45, 2.75) is 31.9 Å². The number of methoxy groups -OCH3 is 1. The second-order valence-electron chi connectivity index (χ2n) is 8.15. The summed E-state index contributed by atoms with van der Waals surface area (Å²) in [5.74, 6) is 1.66. The van der Waals surface area contributed by atoms with Gasteiger partial charge in [0.1, 0.15) is 24.0 Å². The van der Waals surface area contributed by atoms with Crippen molar-refractivity contribution in [2.75, 3.05) is 31.6 Å². The van der Waals surface area contributed by atoms with Crippen LogP contribution in [0.4, 0.5) is 15.9 Å². The summed E-state index contributed by atoms with van der Waals surface area (Å²) >= 11 is 0. The number of rotatable bonds is 6. The number of ether oxygens (including phenoxy) is 2. The Morgan fingerprint density at radius 3 is 2.97 bits per heavy atom. The summed E-state index contributed by atoms with van der Waals surface area (Å²) in [6.45, 7) is 3.09. The van der Waals surface area contributed by atoms with Gasteiger partial charge in [-0.3, -0.25) is 4.90 Å². The van der Waals surface area contributed by atoms with Crippen LogP contribution in [0.5, 0.6) is 11.6 Å². The molecule has 2 aromatic heterocycles. The zero-order chi connectivity index (χ0) is 21.9. The Morgan fingerprint density at radius 2 is 2.12 bits per heavy atom. The normalized spacial score (nSPS) is 17.9. The molecule has 166 valence electrons. The van der Waals surface area contributed by atoms with Crippen LogP contribution in [0.15, 0.2) is 48.7 Å². The molecular weight excluding hydrogens is 409 g/mol. The molecule has 1 atom stereocenters. The van der Waals surface area contributed by atoms with Crippen LogP contribution >= 0.6 is 0 Å². The van der Waals surface area contributed by atoms with Gasteiger partial charge in [-0.1, -0.05) is 6.07 Å². The summed E-state index contributed by atoms with van der Waals surface area (Å²) in [6.07, 6.45) is 4.88. The SMILES string of the molecule is COc1ccc(CCN2CCCC2CN2c3ccc(F)cc3OCc3cccnc32)nn1. The fourth-order valence-electron chi connectivity index (χ4n) is 4.52. The van der Waals surface area contributed by atoms with Gasteiger partial charge in [0.15, 0.2) is 0 Å². The predicted octanol–water partition coefficient (Wildman–Crippen LogP) is 3.76. The van der Waals surface area contributed by atoms with Gasteiger partial charge < -0.3 is 14.4 Å². The molecule has 8 heteroatoms. The molecule has 4 heterocycles. The monoisotopic (exact) mass is 435 g/mol. The highest BCUT2D eigenvalue weighted by molar-refractivity contribution is 5.70. The lowest BCUT2D eigenvalue weighted by atomic mass is 10.1. The van der Waals surface area contributed by atoms with Gasteiger partial charge in [-0.2, -0.15) is 5.10 Å². The van der Waals surface area contributed by atoms with Crippen LogP contribution in [0.1, 0.15) is 24.1 Å². The van der Waals surface area contributed by atoms with Gasteiger partial charge in [0.2, 0.25) is 5.88 Å². The van der Waals surface area contributed by atoms with Crippen LogP contribution in [0, 0.1) is 5.82 Å². The fraction of sp³-hybridized carbons (Fsp3) is 0.375. The second-order valence-corrected chi connectivity index (χ2v) is 8.15. The molecule has 0 radical (unpaired) electrons. The molecule has 0 spiro atoms. The number of hydrogen-bond acceptors (Lipinski definition) is 7. The van der Waals surface area contributed by atoms with E-state index < -0.39 is 0 Å². The van der Waals surface area contributed by atoms with Crippen LogP contribution in [0.3, 0.4) is 0 Å². The second kappa shape index (κ2) is 9.08. The van der Waals surface area contributed by atoms with E-state index >= 15 is 0 Å². The first-order chi connectivity index (χ1) is 15.7.